The molecule has 20 heavy (non-hydrogen) atoms. The highest BCUT2D eigenvalue weighted by Crippen LogP contribution is 2.34. The van der Waals surface area contributed by atoms with Crippen LogP contribution in [0.2, 0.25) is 0 Å². The van der Waals surface area contributed by atoms with Crippen molar-refractivity contribution in [1.29, 1.82) is 0 Å². The van der Waals surface area contributed by atoms with Crippen LogP contribution in [-0.2, 0) is 6.54 Å². The van der Waals surface area contributed by atoms with Crippen LogP contribution in [0.25, 0.3) is 0 Å². The second-order valence-corrected chi connectivity index (χ2v) is 6.13. The number of hydrogen-bond acceptors (Lipinski definition) is 3. The van der Waals surface area contributed by atoms with Crippen molar-refractivity contribution in [2.24, 2.45) is 5.41 Å². The summed E-state index contributed by atoms with van der Waals surface area (Å²) in [6, 6.07) is 5.64. The Hall–Kier alpha value is -1.35. The average Bonchev–Trinajstić information content (AvgIpc) is 2.49. The van der Waals surface area contributed by atoms with E-state index in [1.807, 2.05) is 12.1 Å². The summed E-state index contributed by atoms with van der Waals surface area (Å²) in [6.07, 6.45) is 4.65. The molecule has 0 unspecified atom stereocenters. The van der Waals surface area contributed by atoms with Crippen LogP contribution < -0.4 is 4.74 Å². The monoisotopic (exact) mass is 275 g/mol. The molecule has 110 valence electrons. The Morgan fingerprint density at radius 1 is 1.35 bits per heavy atom. The Kier molecular flexibility index (Phi) is 4.81. The Morgan fingerprint density at radius 2 is 2.05 bits per heavy atom. The van der Waals surface area contributed by atoms with Crippen molar-refractivity contribution in [2.75, 3.05) is 20.2 Å². The van der Waals surface area contributed by atoms with Gasteiger partial charge in [-0.05, 0) is 49.5 Å². The van der Waals surface area contributed by atoms with E-state index < -0.39 is 0 Å². The van der Waals surface area contributed by atoms with Crippen LogP contribution in [0.4, 0.5) is 0 Å². The number of ether oxygens (including phenoxy) is 1. The molecule has 1 saturated heterocycles. The van der Waals surface area contributed by atoms with Crippen LogP contribution in [0, 0.1) is 5.41 Å². The third-order valence-electron chi connectivity index (χ3n) is 4.75. The minimum absolute atomic E-state index is 0.505. The maximum Gasteiger partial charge on any atom is 0.150 e. The summed E-state index contributed by atoms with van der Waals surface area (Å²) in [7, 11) is 1.68. The van der Waals surface area contributed by atoms with Gasteiger partial charge in [0, 0.05) is 17.7 Å². The second kappa shape index (κ2) is 6.40. The first-order valence-electron chi connectivity index (χ1n) is 7.44. The summed E-state index contributed by atoms with van der Waals surface area (Å²) in [5.74, 6) is 0.874. The lowest BCUT2D eigenvalue weighted by Crippen LogP contribution is -2.38. The van der Waals surface area contributed by atoms with Crippen molar-refractivity contribution in [3.05, 3.63) is 29.3 Å². The van der Waals surface area contributed by atoms with Crippen LogP contribution >= 0.6 is 0 Å². The topological polar surface area (TPSA) is 29.5 Å². The molecule has 3 nitrogen and oxygen atoms in total. The van der Waals surface area contributed by atoms with E-state index in [9.17, 15) is 4.79 Å². The highest BCUT2D eigenvalue weighted by Gasteiger charge is 2.28. The molecule has 1 aromatic rings. The van der Waals surface area contributed by atoms with Crippen molar-refractivity contribution in [3.8, 4) is 5.75 Å². The number of carbonyl (C=O) groups is 1. The second-order valence-electron chi connectivity index (χ2n) is 6.13. The molecule has 0 atom stereocenters. The normalized spacial score (nSPS) is 18.8. The Labute approximate surface area is 121 Å². The van der Waals surface area contributed by atoms with Crippen LogP contribution in [0.15, 0.2) is 18.2 Å². The number of methoxy groups -OCH3 is 1. The number of carbonyl (C=O) groups excluding carboxylic acids is 1. The molecule has 0 N–H and O–H groups in total. The zero-order valence-electron chi connectivity index (χ0n) is 12.8. The molecule has 0 aliphatic carbocycles. The molecule has 0 radical (unpaired) electrons. The lowest BCUT2D eigenvalue weighted by Gasteiger charge is -2.39. The van der Waals surface area contributed by atoms with Crippen LogP contribution in [0.3, 0.4) is 0 Å². The van der Waals surface area contributed by atoms with Crippen molar-refractivity contribution >= 4 is 6.29 Å². The molecular formula is C17H25NO2. The minimum atomic E-state index is 0.505. The quantitative estimate of drug-likeness (QED) is 0.770. The summed E-state index contributed by atoms with van der Waals surface area (Å²) >= 11 is 0. The van der Waals surface area contributed by atoms with Crippen molar-refractivity contribution in [1.82, 2.24) is 4.90 Å². The van der Waals surface area contributed by atoms with Gasteiger partial charge >= 0.3 is 0 Å². The van der Waals surface area contributed by atoms with Crippen molar-refractivity contribution in [3.63, 3.8) is 0 Å². The molecular weight excluding hydrogens is 250 g/mol. The molecule has 0 bridgehead atoms. The van der Waals surface area contributed by atoms with E-state index in [1.165, 1.54) is 19.3 Å². The molecule has 0 amide bonds. The van der Waals surface area contributed by atoms with E-state index >= 15 is 0 Å². The van der Waals surface area contributed by atoms with E-state index in [1.54, 1.807) is 13.2 Å². The lowest BCUT2D eigenvalue weighted by atomic mass is 9.78. The highest BCUT2D eigenvalue weighted by molar-refractivity contribution is 5.75. The summed E-state index contributed by atoms with van der Waals surface area (Å²) in [6.45, 7) is 7.78. The molecule has 0 spiro atoms. The number of piperidine rings is 1. The largest absolute Gasteiger partial charge is 0.496 e. The zero-order valence-corrected chi connectivity index (χ0v) is 12.8. The first kappa shape index (κ1) is 15.0. The van der Waals surface area contributed by atoms with Gasteiger partial charge in [-0.15, -0.1) is 0 Å². The van der Waals surface area contributed by atoms with Gasteiger partial charge in [-0.1, -0.05) is 20.3 Å². The molecule has 2 rings (SSSR count). The van der Waals surface area contributed by atoms with E-state index in [0.717, 1.165) is 42.8 Å². The standard InChI is InChI=1S/C17H25NO2/c1-4-17(2)7-9-18(10-8-17)12-15-11-14(13-19)5-6-16(15)20-3/h5-6,11,13H,4,7-10,12H2,1-3H3. The predicted octanol–water partition coefficient (Wildman–Crippen LogP) is 3.52. The highest BCUT2D eigenvalue weighted by atomic mass is 16.5. The first-order chi connectivity index (χ1) is 9.60. The molecule has 1 aromatic carbocycles. The van der Waals surface area contributed by atoms with Crippen molar-refractivity contribution < 1.29 is 9.53 Å². The van der Waals surface area contributed by atoms with Gasteiger partial charge in [-0.2, -0.15) is 0 Å². The number of hydrogen-bond donors (Lipinski definition) is 0. The fourth-order valence-corrected chi connectivity index (χ4v) is 2.84. The van der Waals surface area contributed by atoms with Gasteiger partial charge in [0.1, 0.15) is 12.0 Å². The zero-order chi connectivity index (χ0) is 14.6. The third-order valence-corrected chi connectivity index (χ3v) is 4.75. The van der Waals surface area contributed by atoms with Gasteiger partial charge in [-0.25, -0.2) is 0 Å². The van der Waals surface area contributed by atoms with Gasteiger partial charge in [-0.3, -0.25) is 9.69 Å². The van der Waals surface area contributed by atoms with Gasteiger partial charge in [0.15, 0.2) is 0 Å². The summed E-state index contributed by atoms with van der Waals surface area (Å²) < 4.78 is 5.41. The number of likely N-dealkylation sites (tertiary alicyclic amines) is 1. The van der Waals surface area contributed by atoms with E-state index in [4.69, 9.17) is 4.74 Å². The lowest BCUT2D eigenvalue weighted by molar-refractivity contribution is 0.109. The molecule has 0 saturated carbocycles. The minimum Gasteiger partial charge on any atom is -0.496 e. The first-order valence-corrected chi connectivity index (χ1v) is 7.44. The molecule has 1 fully saturated rings. The maximum absolute atomic E-state index is 10.9. The molecule has 1 aliphatic heterocycles. The third kappa shape index (κ3) is 3.40. The van der Waals surface area contributed by atoms with E-state index in [2.05, 4.69) is 18.7 Å². The van der Waals surface area contributed by atoms with E-state index in [0.29, 0.717) is 5.41 Å². The molecule has 3 heteroatoms. The van der Waals surface area contributed by atoms with Crippen molar-refractivity contribution in [2.45, 2.75) is 39.7 Å². The summed E-state index contributed by atoms with van der Waals surface area (Å²) in [5.41, 5.74) is 2.33. The number of aldehydes is 1. The SMILES string of the molecule is CCC1(C)CCN(Cc2cc(C=O)ccc2OC)CC1. The van der Waals surface area contributed by atoms with Crippen LogP contribution in [-0.4, -0.2) is 31.4 Å². The number of rotatable bonds is 5. The Balaban J connectivity index is 2.05. The van der Waals surface area contributed by atoms with Gasteiger partial charge < -0.3 is 4.74 Å². The molecule has 0 aromatic heterocycles. The number of benzene rings is 1. The van der Waals surface area contributed by atoms with Crippen LogP contribution in [0.5, 0.6) is 5.75 Å². The molecule has 1 aliphatic rings. The van der Waals surface area contributed by atoms with Crippen LogP contribution in [0.1, 0.15) is 49.0 Å². The van der Waals surface area contributed by atoms with Gasteiger partial charge in [0.2, 0.25) is 0 Å². The fraction of sp³-hybridized carbons (Fsp3) is 0.588. The smallest absolute Gasteiger partial charge is 0.150 e. The Bertz CT molecular complexity index is 462. The van der Waals surface area contributed by atoms with Gasteiger partial charge in [0.05, 0.1) is 7.11 Å². The predicted molar refractivity (Wildman–Crippen MR) is 81.3 cm³/mol. The van der Waals surface area contributed by atoms with Gasteiger partial charge in [0.25, 0.3) is 0 Å². The average molecular weight is 275 g/mol. The number of nitrogens with zero attached hydrogens (tertiary/aromatic N) is 1. The van der Waals surface area contributed by atoms with E-state index in [-0.39, 0.29) is 0 Å². The fourth-order valence-electron chi connectivity index (χ4n) is 2.84. The summed E-state index contributed by atoms with van der Waals surface area (Å²) in [4.78, 5) is 13.4. The molecule has 1 heterocycles. The Morgan fingerprint density at radius 3 is 2.60 bits per heavy atom. The maximum atomic E-state index is 10.9. The summed E-state index contributed by atoms with van der Waals surface area (Å²) in [5, 5.41) is 0.